The van der Waals surface area contributed by atoms with Crippen molar-refractivity contribution >= 4 is 24.2 Å². The van der Waals surface area contributed by atoms with Crippen LogP contribution in [0.3, 0.4) is 0 Å². The number of carbonyl (C=O) groups is 2. The van der Waals surface area contributed by atoms with E-state index in [9.17, 15) is 9.59 Å². The van der Waals surface area contributed by atoms with Crippen molar-refractivity contribution in [3.8, 4) is 0 Å². The van der Waals surface area contributed by atoms with E-state index >= 15 is 0 Å². The van der Waals surface area contributed by atoms with Gasteiger partial charge in [-0.3, -0.25) is 9.59 Å². The zero-order valence-corrected chi connectivity index (χ0v) is 13.7. The maximum atomic E-state index is 12.1. The maximum Gasteiger partial charge on any atom is 0.224 e. The smallest absolute Gasteiger partial charge is 0.224 e. The molecule has 2 rings (SSSR count). The number of carbonyl (C=O) groups excluding carboxylic acids is 2. The fraction of sp³-hybridized carbons (Fsp3) is 0.500. The SMILES string of the molecule is CC(=O)N(CCC(=O)N1CC[C@@H](N)C1)Cc1ccccc1.Cl. The van der Waals surface area contributed by atoms with Crippen LogP contribution in [0.5, 0.6) is 0 Å². The molecule has 0 radical (unpaired) electrons. The van der Waals surface area contributed by atoms with Crippen molar-refractivity contribution in [3.63, 3.8) is 0 Å². The predicted molar refractivity (Wildman–Crippen MR) is 88.6 cm³/mol. The molecule has 1 aliphatic heterocycles. The molecule has 1 saturated heterocycles. The van der Waals surface area contributed by atoms with Gasteiger partial charge in [0.05, 0.1) is 0 Å². The molecular weight excluding hydrogens is 302 g/mol. The number of halogens is 1. The molecule has 22 heavy (non-hydrogen) atoms. The summed E-state index contributed by atoms with van der Waals surface area (Å²) in [5.41, 5.74) is 6.88. The molecular formula is C16H24ClN3O2. The minimum atomic E-state index is -0.00947. The van der Waals surface area contributed by atoms with E-state index in [-0.39, 0.29) is 30.3 Å². The molecule has 1 aromatic carbocycles. The molecule has 5 nitrogen and oxygen atoms in total. The van der Waals surface area contributed by atoms with Crippen molar-refractivity contribution in [1.82, 2.24) is 9.80 Å². The van der Waals surface area contributed by atoms with Crippen LogP contribution < -0.4 is 5.73 Å². The average Bonchev–Trinajstić information content (AvgIpc) is 2.90. The zero-order chi connectivity index (χ0) is 15.2. The third-order valence-electron chi connectivity index (χ3n) is 3.83. The molecule has 1 heterocycles. The number of likely N-dealkylation sites (tertiary alicyclic amines) is 1. The van der Waals surface area contributed by atoms with Crippen molar-refractivity contribution in [2.45, 2.75) is 32.4 Å². The lowest BCUT2D eigenvalue weighted by molar-refractivity contribution is -0.133. The van der Waals surface area contributed by atoms with E-state index < -0.39 is 0 Å². The van der Waals surface area contributed by atoms with E-state index in [0.29, 0.717) is 26.1 Å². The third-order valence-corrected chi connectivity index (χ3v) is 3.83. The van der Waals surface area contributed by atoms with E-state index in [1.54, 1.807) is 16.7 Å². The summed E-state index contributed by atoms with van der Waals surface area (Å²) >= 11 is 0. The fourth-order valence-corrected chi connectivity index (χ4v) is 2.55. The summed E-state index contributed by atoms with van der Waals surface area (Å²) in [7, 11) is 0. The molecule has 1 aliphatic rings. The zero-order valence-electron chi connectivity index (χ0n) is 12.9. The molecule has 0 aliphatic carbocycles. The van der Waals surface area contributed by atoms with Gasteiger partial charge in [-0.15, -0.1) is 12.4 Å². The first kappa shape index (κ1) is 18.5. The quantitative estimate of drug-likeness (QED) is 0.890. The molecule has 6 heteroatoms. The van der Waals surface area contributed by atoms with Gasteiger partial charge < -0.3 is 15.5 Å². The first-order chi connectivity index (χ1) is 10.1. The third kappa shape index (κ3) is 5.31. The van der Waals surface area contributed by atoms with Gasteiger partial charge in [0.1, 0.15) is 0 Å². The van der Waals surface area contributed by atoms with Gasteiger partial charge in [0, 0.05) is 45.6 Å². The van der Waals surface area contributed by atoms with Gasteiger partial charge in [0.25, 0.3) is 0 Å². The molecule has 0 saturated carbocycles. The van der Waals surface area contributed by atoms with Crippen LogP contribution in [0.2, 0.25) is 0 Å². The Morgan fingerprint density at radius 2 is 2.00 bits per heavy atom. The molecule has 2 N–H and O–H groups in total. The van der Waals surface area contributed by atoms with Gasteiger partial charge in [-0.1, -0.05) is 30.3 Å². The first-order valence-corrected chi connectivity index (χ1v) is 7.39. The lowest BCUT2D eigenvalue weighted by atomic mass is 10.2. The van der Waals surface area contributed by atoms with Crippen LogP contribution in [-0.2, 0) is 16.1 Å². The van der Waals surface area contributed by atoms with Crippen molar-refractivity contribution in [2.24, 2.45) is 5.73 Å². The Morgan fingerprint density at radius 3 is 2.55 bits per heavy atom. The lowest BCUT2D eigenvalue weighted by Crippen LogP contribution is -2.36. The summed E-state index contributed by atoms with van der Waals surface area (Å²) in [4.78, 5) is 27.3. The molecule has 1 fully saturated rings. The van der Waals surface area contributed by atoms with Crippen LogP contribution in [-0.4, -0.2) is 47.3 Å². The van der Waals surface area contributed by atoms with E-state index in [0.717, 1.165) is 18.5 Å². The number of rotatable bonds is 5. The van der Waals surface area contributed by atoms with Gasteiger partial charge in [-0.25, -0.2) is 0 Å². The minimum absolute atomic E-state index is 0. The Morgan fingerprint density at radius 1 is 1.32 bits per heavy atom. The van der Waals surface area contributed by atoms with Crippen LogP contribution in [0, 0.1) is 0 Å². The van der Waals surface area contributed by atoms with Gasteiger partial charge >= 0.3 is 0 Å². The van der Waals surface area contributed by atoms with Crippen molar-refractivity contribution in [3.05, 3.63) is 35.9 Å². The monoisotopic (exact) mass is 325 g/mol. The van der Waals surface area contributed by atoms with Crippen molar-refractivity contribution in [1.29, 1.82) is 0 Å². The average molecular weight is 326 g/mol. The summed E-state index contributed by atoms with van der Waals surface area (Å²) < 4.78 is 0. The highest BCUT2D eigenvalue weighted by atomic mass is 35.5. The molecule has 2 amide bonds. The van der Waals surface area contributed by atoms with Gasteiger partial charge in [0.2, 0.25) is 11.8 Å². The Balaban J connectivity index is 0.00000242. The molecule has 1 atom stereocenters. The van der Waals surface area contributed by atoms with E-state index in [4.69, 9.17) is 5.73 Å². The van der Waals surface area contributed by atoms with Crippen molar-refractivity contribution in [2.75, 3.05) is 19.6 Å². The fourth-order valence-electron chi connectivity index (χ4n) is 2.55. The molecule has 122 valence electrons. The Labute approximate surface area is 137 Å². The van der Waals surface area contributed by atoms with Crippen LogP contribution >= 0.6 is 12.4 Å². The second-order valence-electron chi connectivity index (χ2n) is 5.56. The van der Waals surface area contributed by atoms with Crippen LogP contribution in [0.4, 0.5) is 0 Å². The number of hydrogen-bond donors (Lipinski definition) is 1. The van der Waals surface area contributed by atoms with E-state index in [2.05, 4.69) is 0 Å². The summed E-state index contributed by atoms with van der Waals surface area (Å²) in [5, 5.41) is 0. The first-order valence-electron chi connectivity index (χ1n) is 7.39. The predicted octanol–water partition coefficient (Wildman–Crippen LogP) is 1.41. The van der Waals surface area contributed by atoms with E-state index in [1.807, 2.05) is 30.3 Å². The number of nitrogens with zero attached hydrogens (tertiary/aromatic N) is 2. The van der Waals surface area contributed by atoms with Crippen molar-refractivity contribution < 1.29 is 9.59 Å². The molecule has 0 bridgehead atoms. The Bertz CT molecular complexity index is 495. The topological polar surface area (TPSA) is 66.6 Å². The summed E-state index contributed by atoms with van der Waals surface area (Å²) in [6.45, 7) is 3.91. The summed E-state index contributed by atoms with van der Waals surface area (Å²) in [6.07, 6.45) is 1.23. The molecule has 1 aromatic rings. The number of benzene rings is 1. The molecule has 0 unspecified atom stereocenters. The highest BCUT2D eigenvalue weighted by Gasteiger charge is 2.23. The number of hydrogen-bond acceptors (Lipinski definition) is 3. The summed E-state index contributed by atoms with van der Waals surface area (Å²) in [5.74, 6) is 0.0760. The van der Waals surface area contributed by atoms with Crippen LogP contribution in [0.25, 0.3) is 0 Å². The largest absolute Gasteiger partial charge is 0.341 e. The molecule has 0 aromatic heterocycles. The number of amides is 2. The van der Waals surface area contributed by atoms with Crippen LogP contribution in [0.15, 0.2) is 30.3 Å². The van der Waals surface area contributed by atoms with Gasteiger partial charge in [-0.2, -0.15) is 0 Å². The second-order valence-corrected chi connectivity index (χ2v) is 5.56. The molecule has 0 spiro atoms. The van der Waals surface area contributed by atoms with Crippen LogP contribution in [0.1, 0.15) is 25.3 Å². The van der Waals surface area contributed by atoms with Gasteiger partial charge in [0.15, 0.2) is 0 Å². The maximum absolute atomic E-state index is 12.1. The van der Waals surface area contributed by atoms with E-state index in [1.165, 1.54) is 0 Å². The summed E-state index contributed by atoms with van der Waals surface area (Å²) in [6, 6.07) is 9.91. The minimum Gasteiger partial charge on any atom is -0.341 e. The number of nitrogens with two attached hydrogens (primary N) is 1. The second kappa shape index (κ2) is 8.76. The normalized spacial score (nSPS) is 17.0. The lowest BCUT2D eigenvalue weighted by Gasteiger charge is -2.23. The standard InChI is InChI=1S/C16H23N3O2.ClH/c1-13(20)18(11-14-5-3-2-4-6-14)10-8-16(21)19-9-7-15(17)12-19;/h2-6,15H,7-12,17H2,1H3;1H/t15-;/m1./s1. The Kier molecular flexibility index (Phi) is 7.35. The highest BCUT2D eigenvalue weighted by molar-refractivity contribution is 5.85. The Hall–Kier alpha value is -1.59. The van der Waals surface area contributed by atoms with Gasteiger partial charge in [-0.05, 0) is 12.0 Å². The highest BCUT2D eigenvalue weighted by Crippen LogP contribution is 2.10.